The third kappa shape index (κ3) is 4.48. The van der Waals surface area contributed by atoms with Gasteiger partial charge in [-0.15, -0.1) is 12.3 Å². The molecule has 100 valence electrons. The van der Waals surface area contributed by atoms with Crippen molar-refractivity contribution in [2.75, 3.05) is 0 Å². The van der Waals surface area contributed by atoms with Crippen molar-refractivity contribution < 1.29 is 4.43 Å². The molecule has 0 fully saturated rings. The standard InChI is InChI=1S/C15H30OSi/c1-10-12(3)14(13(4)11-2)16-17(8,9)15(5,6)7/h1,12-14H,11H2,2-9H3/t12-,13-,14-/m0/s1. The van der Waals surface area contributed by atoms with Gasteiger partial charge in [0.25, 0.3) is 0 Å². The van der Waals surface area contributed by atoms with E-state index < -0.39 is 8.32 Å². The van der Waals surface area contributed by atoms with Crippen LogP contribution >= 0.6 is 0 Å². The first-order valence-corrected chi connectivity index (χ1v) is 9.61. The summed E-state index contributed by atoms with van der Waals surface area (Å²) in [7, 11) is -1.72. The van der Waals surface area contributed by atoms with Crippen molar-refractivity contribution in [3.05, 3.63) is 0 Å². The van der Waals surface area contributed by atoms with Crippen LogP contribution < -0.4 is 0 Å². The van der Waals surface area contributed by atoms with Crippen molar-refractivity contribution in [3.63, 3.8) is 0 Å². The van der Waals surface area contributed by atoms with Crippen molar-refractivity contribution in [3.8, 4) is 12.3 Å². The lowest BCUT2D eigenvalue weighted by atomic mass is 9.92. The fourth-order valence-corrected chi connectivity index (χ4v) is 3.03. The zero-order valence-corrected chi connectivity index (χ0v) is 13.9. The first-order valence-electron chi connectivity index (χ1n) is 6.70. The lowest BCUT2D eigenvalue weighted by Gasteiger charge is -2.42. The van der Waals surface area contributed by atoms with Crippen LogP contribution in [0.3, 0.4) is 0 Å². The third-order valence-electron chi connectivity index (χ3n) is 4.20. The smallest absolute Gasteiger partial charge is 0.192 e. The van der Waals surface area contributed by atoms with Crippen LogP contribution in [-0.4, -0.2) is 14.4 Å². The predicted octanol–water partition coefficient (Wildman–Crippen LogP) is 4.69. The van der Waals surface area contributed by atoms with E-state index in [4.69, 9.17) is 10.8 Å². The minimum absolute atomic E-state index is 0.194. The summed E-state index contributed by atoms with van der Waals surface area (Å²) < 4.78 is 6.50. The summed E-state index contributed by atoms with van der Waals surface area (Å²) in [5.74, 6) is 3.57. The van der Waals surface area contributed by atoms with E-state index in [-0.39, 0.29) is 17.1 Å². The fourth-order valence-electron chi connectivity index (χ4n) is 1.56. The van der Waals surface area contributed by atoms with E-state index in [1.165, 1.54) is 0 Å². The largest absolute Gasteiger partial charge is 0.412 e. The summed E-state index contributed by atoms with van der Waals surface area (Å²) >= 11 is 0. The third-order valence-corrected chi connectivity index (χ3v) is 8.67. The molecule has 0 N–H and O–H groups in total. The van der Waals surface area contributed by atoms with Crippen LogP contribution in [-0.2, 0) is 4.43 Å². The summed E-state index contributed by atoms with van der Waals surface area (Å²) in [5, 5.41) is 0.243. The molecule has 0 aliphatic carbocycles. The lowest BCUT2D eigenvalue weighted by molar-refractivity contribution is 0.0941. The van der Waals surface area contributed by atoms with Crippen molar-refractivity contribution >= 4 is 8.32 Å². The van der Waals surface area contributed by atoms with Gasteiger partial charge < -0.3 is 4.43 Å². The Morgan fingerprint density at radius 2 is 1.71 bits per heavy atom. The average molecular weight is 254 g/mol. The Bertz CT molecular complexity index is 270. The Hall–Kier alpha value is -0.263. The quantitative estimate of drug-likeness (QED) is 0.511. The molecule has 0 aliphatic rings. The van der Waals surface area contributed by atoms with Crippen LogP contribution in [0.25, 0.3) is 0 Å². The van der Waals surface area contributed by atoms with E-state index in [1.807, 2.05) is 0 Å². The molecule has 0 saturated heterocycles. The van der Waals surface area contributed by atoms with Gasteiger partial charge >= 0.3 is 0 Å². The van der Waals surface area contributed by atoms with Gasteiger partial charge in [0.1, 0.15) is 0 Å². The molecule has 17 heavy (non-hydrogen) atoms. The van der Waals surface area contributed by atoms with Crippen LogP contribution in [0, 0.1) is 24.2 Å². The number of hydrogen-bond donors (Lipinski definition) is 0. The number of terminal acetylenes is 1. The van der Waals surface area contributed by atoms with Gasteiger partial charge in [-0.2, -0.15) is 0 Å². The molecule has 0 heterocycles. The first-order chi connectivity index (χ1) is 7.56. The van der Waals surface area contributed by atoms with E-state index in [1.54, 1.807) is 0 Å². The Kier molecular flexibility index (Phi) is 5.97. The molecule has 2 heteroatoms. The van der Waals surface area contributed by atoms with E-state index in [0.717, 1.165) is 6.42 Å². The Morgan fingerprint density at radius 3 is 2.00 bits per heavy atom. The minimum Gasteiger partial charge on any atom is -0.412 e. The van der Waals surface area contributed by atoms with E-state index in [0.29, 0.717) is 5.92 Å². The Labute approximate surface area is 109 Å². The maximum absolute atomic E-state index is 6.50. The molecule has 0 rings (SSSR count). The van der Waals surface area contributed by atoms with Gasteiger partial charge in [-0.05, 0) is 31.0 Å². The van der Waals surface area contributed by atoms with E-state index >= 15 is 0 Å². The summed E-state index contributed by atoms with van der Waals surface area (Å²) in [4.78, 5) is 0. The number of rotatable bonds is 5. The van der Waals surface area contributed by atoms with Crippen molar-refractivity contribution in [1.82, 2.24) is 0 Å². The van der Waals surface area contributed by atoms with Crippen molar-refractivity contribution in [2.24, 2.45) is 11.8 Å². The second-order valence-corrected chi connectivity index (χ2v) is 11.4. The highest BCUT2D eigenvalue weighted by Gasteiger charge is 2.40. The minimum atomic E-state index is -1.72. The topological polar surface area (TPSA) is 9.23 Å². The highest BCUT2D eigenvalue weighted by molar-refractivity contribution is 6.74. The molecule has 0 saturated carbocycles. The summed E-state index contributed by atoms with van der Waals surface area (Å²) in [5.41, 5.74) is 0. The molecular weight excluding hydrogens is 224 g/mol. The summed E-state index contributed by atoms with van der Waals surface area (Å²) in [6.45, 7) is 18.0. The molecule has 0 aliphatic heterocycles. The zero-order chi connectivity index (χ0) is 13.9. The monoisotopic (exact) mass is 254 g/mol. The van der Waals surface area contributed by atoms with Crippen LogP contribution in [0.1, 0.15) is 48.0 Å². The molecule has 0 spiro atoms. The average Bonchev–Trinajstić information content (AvgIpc) is 2.22. The van der Waals surface area contributed by atoms with Gasteiger partial charge in [-0.25, -0.2) is 0 Å². The van der Waals surface area contributed by atoms with Crippen LogP contribution in [0.5, 0.6) is 0 Å². The zero-order valence-electron chi connectivity index (χ0n) is 12.9. The molecular formula is C15H30OSi. The molecule has 0 unspecified atom stereocenters. The summed E-state index contributed by atoms with van der Waals surface area (Å²) in [6, 6.07) is 0. The van der Waals surface area contributed by atoms with E-state index in [2.05, 4.69) is 60.6 Å². The van der Waals surface area contributed by atoms with Gasteiger partial charge in [0.2, 0.25) is 0 Å². The van der Waals surface area contributed by atoms with Crippen molar-refractivity contribution in [2.45, 2.75) is 72.2 Å². The summed E-state index contributed by atoms with van der Waals surface area (Å²) in [6.07, 6.45) is 6.90. The maximum Gasteiger partial charge on any atom is 0.192 e. The highest BCUT2D eigenvalue weighted by atomic mass is 28.4. The molecule has 0 aromatic carbocycles. The highest BCUT2D eigenvalue weighted by Crippen LogP contribution is 2.39. The van der Waals surface area contributed by atoms with Crippen LogP contribution in [0.2, 0.25) is 18.1 Å². The SMILES string of the molecule is C#C[C@H](C)[C@H](O[Si](C)(C)C(C)(C)C)[C@@H](C)CC. The van der Waals surface area contributed by atoms with E-state index in [9.17, 15) is 0 Å². The first kappa shape index (κ1) is 16.7. The van der Waals surface area contributed by atoms with Crippen LogP contribution in [0.4, 0.5) is 0 Å². The molecule has 3 atom stereocenters. The predicted molar refractivity (Wildman–Crippen MR) is 79.5 cm³/mol. The Balaban J connectivity index is 4.95. The van der Waals surface area contributed by atoms with Gasteiger partial charge in [0.05, 0.1) is 6.10 Å². The van der Waals surface area contributed by atoms with Gasteiger partial charge in [0.15, 0.2) is 8.32 Å². The molecule has 0 bridgehead atoms. The molecule has 0 aromatic heterocycles. The number of hydrogen-bond acceptors (Lipinski definition) is 1. The van der Waals surface area contributed by atoms with Gasteiger partial charge in [-0.1, -0.05) is 41.0 Å². The second-order valence-electron chi connectivity index (χ2n) is 6.68. The Morgan fingerprint density at radius 1 is 1.24 bits per heavy atom. The van der Waals surface area contributed by atoms with Crippen molar-refractivity contribution in [1.29, 1.82) is 0 Å². The molecule has 0 radical (unpaired) electrons. The van der Waals surface area contributed by atoms with Gasteiger partial charge in [0, 0.05) is 5.92 Å². The fraction of sp³-hybridized carbons (Fsp3) is 0.867. The molecule has 0 aromatic rings. The molecule has 1 nitrogen and oxygen atoms in total. The second kappa shape index (κ2) is 6.07. The van der Waals surface area contributed by atoms with Crippen LogP contribution in [0.15, 0.2) is 0 Å². The molecule has 0 amide bonds. The normalized spacial score (nSPS) is 18.3. The lowest BCUT2D eigenvalue weighted by Crippen LogP contribution is -2.47. The van der Waals surface area contributed by atoms with Gasteiger partial charge in [-0.3, -0.25) is 0 Å². The maximum atomic E-state index is 6.50.